The third-order valence-corrected chi connectivity index (χ3v) is 7.71. The van der Waals surface area contributed by atoms with Crippen molar-refractivity contribution in [1.82, 2.24) is 19.5 Å². The van der Waals surface area contributed by atoms with Gasteiger partial charge in [0.1, 0.15) is 11.6 Å². The molecule has 8 heteroatoms. The summed E-state index contributed by atoms with van der Waals surface area (Å²) in [6.45, 7) is 4.41. The number of hydrogen-bond acceptors (Lipinski definition) is 5. The molecule has 0 atom stereocenters. The zero-order chi connectivity index (χ0) is 24.6. The Balaban J connectivity index is 1.32. The number of hydrogen-bond donors (Lipinski definition) is 0. The number of piperidine rings is 1. The standard InChI is InChI=1S/C28H31FN4O3/c29-22-6-4-5-20(15-22)23-16-21-18-32(28(35)24-17-26(36-30-24)19-7-8-19)12-9-25(21)33(27(23)34)14-13-31-10-2-1-3-11-31/h4-6,15-17,19H,1-3,7-14,18H2. The smallest absolute Gasteiger partial charge is 0.276 e. The summed E-state index contributed by atoms with van der Waals surface area (Å²) in [5, 5.41) is 4.03. The number of rotatable bonds is 6. The van der Waals surface area contributed by atoms with E-state index >= 15 is 0 Å². The van der Waals surface area contributed by atoms with Gasteiger partial charge in [-0.3, -0.25) is 9.59 Å². The lowest BCUT2D eigenvalue weighted by Gasteiger charge is -2.32. The first-order chi connectivity index (χ1) is 17.6. The number of likely N-dealkylation sites (tertiary alicyclic amines) is 1. The minimum Gasteiger partial charge on any atom is -0.360 e. The SMILES string of the molecule is O=C(c1cc(C2CC2)on1)N1CCc2c(cc(-c3cccc(F)c3)c(=O)n2CCN2CCCCC2)C1. The van der Waals surface area contributed by atoms with E-state index in [4.69, 9.17) is 4.52 Å². The molecule has 1 amide bonds. The second-order valence-electron chi connectivity index (χ2n) is 10.3. The maximum atomic E-state index is 14.0. The Morgan fingerprint density at radius 3 is 2.67 bits per heavy atom. The Kier molecular flexibility index (Phi) is 6.21. The van der Waals surface area contributed by atoms with Gasteiger partial charge in [0.25, 0.3) is 11.5 Å². The molecule has 7 nitrogen and oxygen atoms in total. The summed E-state index contributed by atoms with van der Waals surface area (Å²) < 4.78 is 21.3. The first-order valence-electron chi connectivity index (χ1n) is 13.1. The van der Waals surface area contributed by atoms with Gasteiger partial charge in [-0.2, -0.15) is 0 Å². The van der Waals surface area contributed by atoms with Gasteiger partial charge in [0, 0.05) is 55.8 Å². The molecular formula is C28H31FN4O3. The normalized spacial score (nSPS) is 18.3. The van der Waals surface area contributed by atoms with Crippen LogP contribution in [0, 0.1) is 5.82 Å². The topological polar surface area (TPSA) is 71.6 Å². The van der Waals surface area contributed by atoms with Crippen LogP contribution in [-0.4, -0.2) is 51.6 Å². The minimum atomic E-state index is -0.376. The van der Waals surface area contributed by atoms with E-state index in [0.717, 1.165) is 49.5 Å². The van der Waals surface area contributed by atoms with Crippen molar-refractivity contribution >= 4 is 5.91 Å². The van der Waals surface area contributed by atoms with Crippen molar-refractivity contribution in [2.75, 3.05) is 26.2 Å². The number of fused-ring (bicyclic) bond motifs is 1. The van der Waals surface area contributed by atoms with Crippen molar-refractivity contribution in [3.8, 4) is 11.1 Å². The molecule has 1 saturated heterocycles. The zero-order valence-electron chi connectivity index (χ0n) is 20.4. The molecule has 1 saturated carbocycles. The van der Waals surface area contributed by atoms with Crippen LogP contribution in [0.25, 0.3) is 11.1 Å². The zero-order valence-corrected chi connectivity index (χ0v) is 20.4. The number of benzene rings is 1. The molecule has 1 aromatic carbocycles. The lowest BCUT2D eigenvalue weighted by molar-refractivity contribution is 0.0721. The van der Waals surface area contributed by atoms with Gasteiger partial charge >= 0.3 is 0 Å². The molecule has 0 radical (unpaired) electrons. The molecule has 4 heterocycles. The number of carbonyl (C=O) groups is 1. The van der Waals surface area contributed by atoms with Crippen molar-refractivity contribution in [1.29, 1.82) is 0 Å². The number of aromatic nitrogens is 2. The fourth-order valence-corrected chi connectivity index (χ4v) is 5.53. The minimum absolute atomic E-state index is 0.0956. The Morgan fingerprint density at radius 1 is 1.06 bits per heavy atom. The summed E-state index contributed by atoms with van der Waals surface area (Å²) in [4.78, 5) is 31.1. The summed E-state index contributed by atoms with van der Waals surface area (Å²) in [7, 11) is 0. The van der Waals surface area contributed by atoms with Crippen LogP contribution in [-0.2, 0) is 19.5 Å². The van der Waals surface area contributed by atoms with E-state index in [9.17, 15) is 14.0 Å². The maximum absolute atomic E-state index is 14.0. The van der Waals surface area contributed by atoms with E-state index < -0.39 is 0 Å². The predicted molar refractivity (Wildman–Crippen MR) is 133 cm³/mol. The van der Waals surface area contributed by atoms with Crippen molar-refractivity contribution in [3.63, 3.8) is 0 Å². The van der Waals surface area contributed by atoms with E-state index in [2.05, 4.69) is 10.1 Å². The summed E-state index contributed by atoms with van der Waals surface area (Å²) in [6, 6.07) is 9.79. The van der Waals surface area contributed by atoms with Gasteiger partial charge < -0.3 is 18.9 Å². The van der Waals surface area contributed by atoms with E-state index in [0.29, 0.717) is 48.8 Å². The fraction of sp³-hybridized carbons (Fsp3) is 0.464. The lowest BCUT2D eigenvalue weighted by Crippen LogP contribution is -2.41. The van der Waals surface area contributed by atoms with Gasteiger partial charge in [-0.05, 0) is 68.1 Å². The van der Waals surface area contributed by atoms with Gasteiger partial charge in [0.05, 0.1) is 0 Å². The molecule has 3 aliphatic rings. The first kappa shape index (κ1) is 23.2. The van der Waals surface area contributed by atoms with Crippen LogP contribution in [0.3, 0.4) is 0 Å². The van der Waals surface area contributed by atoms with Crippen LogP contribution in [0.5, 0.6) is 0 Å². The highest BCUT2D eigenvalue weighted by Crippen LogP contribution is 2.40. The monoisotopic (exact) mass is 490 g/mol. The van der Waals surface area contributed by atoms with Crippen LogP contribution < -0.4 is 5.56 Å². The van der Waals surface area contributed by atoms with Gasteiger partial charge in [0.2, 0.25) is 0 Å². The molecule has 0 spiro atoms. The molecule has 1 aliphatic carbocycles. The maximum Gasteiger partial charge on any atom is 0.276 e. The van der Waals surface area contributed by atoms with Crippen LogP contribution in [0.15, 0.2) is 45.7 Å². The molecule has 0 unspecified atom stereocenters. The summed E-state index contributed by atoms with van der Waals surface area (Å²) in [5.41, 5.74) is 3.17. The highest BCUT2D eigenvalue weighted by molar-refractivity contribution is 5.92. The van der Waals surface area contributed by atoms with Crippen LogP contribution in [0.1, 0.15) is 65.5 Å². The van der Waals surface area contributed by atoms with Crippen LogP contribution in [0.2, 0.25) is 0 Å². The molecule has 3 aromatic rings. The Labute approximate surface area is 209 Å². The van der Waals surface area contributed by atoms with E-state index in [1.807, 2.05) is 10.6 Å². The molecule has 188 valence electrons. The second kappa shape index (κ2) is 9.65. The van der Waals surface area contributed by atoms with Crippen molar-refractivity contribution < 1.29 is 13.7 Å². The van der Waals surface area contributed by atoms with E-state index in [1.54, 1.807) is 23.1 Å². The molecule has 2 fully saturated rings. The molecule has 36 heavy (non-hydrogen) atoms. The van der Waals surface area contributed by atoms with Crippen LogP contribution >= 0.6 is 0 Å². The van der Waals surface area contributed by atoms with Crippen molar-refractivity contribution in [2.45, 2.75) is 57.5 Å². The number of halogens is 1. The van der Waals surface area contributed by atoms with Crippen molar-refractivity contribution in [3.05, 3.63) is 75.3 Å². The number of carbonyl (C=O) groups excluding carboxylic acids is 1. The van der Waals surface area contributed by atoms with Crippen molar-refractivity contribution in [2.24, 2.45) is 0 Å². The fourth-order valence-electron chi connectivity index (χ4n) is 5.53. The van der Waals surface area contributed by atoms with Gasteiger partial charge in [-0.15, -0.1) is 0 Å². The Hall–Kier alpha value is -3.26. The molecule has 2 aliphatic heterocycles. The van der Waals surface area contributed by atoms with E-state index in [1.165, 1.54) is 31.4 Å². The Morgan fingerprint density at radius 2 is 1.89 bits per heavy atom. The van der Waals surface area contributed by atoms with Gasteiger partial charge in [-0.25, -0.2) is 4.39 Å². The third kappa shape index (κ3) is 4.62. The number of pyridine rings is 1. The van der Waals surface area contributed by atoms with Gasteiger partial charge in [-0.1, -0.05) is 23.7 Å². The molecule has 0 bridgehead atoms. The highest BCUT2D eigenvalue weighted by Gasteiger charge is 2.31. The number of amides is 1. The van der Waals surface area contributed by atoms with Gasteiger partial charge in [0.15, 0.2) is 5.69 Å². The highest BCUT2D eigenvalue weighted by atomic mass is 19.1. The average Bonchev–Trinajstić information content (AvgIpc) is 3.64. The third-order valence-electron chi connectivity index (χ3n) is 7.71. The molecule has 0 N–H and O–H groups in total. The molecule has 6 rings (SSSR count). The molecular weight excluding hydrogens is 459 g/mol. The van der Waals surface area contributed by atoms with Crippen LogP contribution in [0.4, 0.5) is 4.39 Å². The second-order valence-corrected chi connectivity index (χ2v) is 10.3. The average molecular weight is 491 g/mol. The first-order valence-corrected chi connectivity index (χ1v) is 13.1. The van der Waals surface area contributed by atoms with E-state index in [-0.39, 0.29) is 17.3 Å². The molecule has 2 aromatic heterocycles. The number of nitrogens with zero attached hydrogens (tertiary/aromatic N) is 4. The summed E-state index contributed by atoms with van der Waals surface area (Å²) in [5.74, 6) is 0.647. The quantitative estimate of drug-likeness (QED) is 0.518. The largest absolute Gasteiger partial charge is 0.360 e. The summed E-state index contributed by atoms with van der Waals surface area (Å²) >= 11 is 0. The Bertz CT molecular complexity index is 1340. The lowest BCUT2D eigenvalue weighted by atomic mass is 9.98. The summed E-state index contributed by atoms with van der Waals surface area (Å²) in [6.07, 6.45) is 6.40. The predicted octanol–water partition coefficient (Wildman–Crippen LogP) is 4.20.